The number of carbonyl (C=O) groups excluding carboxylic acids is 1. The summed E-state index contributed by atoms with van der Waals surface area (Å²) in [5, 5.41) is 8.14. The van der Waals surface area contributed by atoms with Gasteiger partial charge < -0.3 is 4.90 Å². The Labute approximate surface area is 204 Å². The van der Waals surface area contributed by atoms with Gasteiger partial charge in [0.05, 0.1) is 11.4 Å². The number of alkyl halides is 3. The van der Waals surface area contributed by atoms with Crippen molar-refractivity contribution in [2.75, 3.05) is 7.05 Å². The van der Waals surface area contributed by atoms with E-state index in [1.54, 1.807) is 42.2 Å². The molecule has 0 aliphatic carbocycles. The first-order valence-corrected chi connectivity index (χ1v) is 11.1. The van der Waals surface area contributed by atoms with Gasteiger partial charge in [0.25, 0.3) is 5.91 Å². The third-order valence-electron chi connectivity index (χ3n) is 5.76. The molecule has 0 bridgehead atoms. The zero-order valence-corrected chi connectivity index (χ0v) is 19.4. The Morgan fingerprint density at radius 3 is 2.39 bits per heavy atom. The molecule has 0 aliphatic heterocycles. The molecule has 182 valence electrons. The number of aryl methyl sites for hydroxylation is 1. The molecule has 0 aliphatic rings. The van der Waals surface area contributed by atoms with Gasteiger partial charge in [-0.25, -0.2) is 14.2 Å². The molecule has 0 fully saturated rings. The number of nitrogens with zero attached hydrogens (tertiary/aromatic N) is 6. The van der Waals surface area contributed by atoms with Crippen molar-refractivity contribution in [1.82, 2.24) is 29.3 Å². The minimum absolute atomic E-state index is 0.0549. The van der Waals surface area contributed by atoms with Gasteiger partial charge in [-0.2, -0.15) is 23.4 Å². The fraction of sp³-hybridized carbons (Fsp3) is 0.154. The van der Waals surface area contributed by atoms with Crippen molar-refractivity contribution < 1.29 is 18.0 Å². The molecule has 0 unspecified atom stereocenters. The zero-order valence-electron chi connectivity index (χ0n) is 19.4. The van der Waals surface area contributed by atoms with Gasteiger partial charge in [-0.1, -0.05) is 42.0 Å². The van der Waals surface area contributed by atoms with Gasteiger partial charge in [-0.05, 0) is 36.8 Å². The summed E-state index contributed by atoms with van der Waals surface area (Å²) < 4.78 is 44.0. The maximum Gasteiger partial charge on any atom is 0.433 e. The molecule has 0 atom stereocenters. The number of carbonyl (C=O) groups is 1. The molecule has 3 aromatic heterocycles. The summed E-state index contributed by atoms with van der Waals surface area (Å²) >= 11 is 0. The maximum absolute atomic E-state index is 13.9. The first kappa shape index (κ1) is 23.3. The summed E-state index contributed by atoms with van der Waals surface area (Å²) in [5.41, 5.74) is 2.21. The van der Waals surface area contributed by atoms with Gasteiger partial charge >= 0.3 is 6.18 Å². The Morgan fingerprint density at radius 1 is 1.03 bits per heavy atom. The van der Waals surface area contributed by atoms with Crippen LogP contribution in [0.25, 0.3) is 22.6 Å². The number of halogens is 3. The van der Waals surface area contributed by atoms with E-state index in [-0.39, 0.29) is 23.6 Å². The van der Waals surface area contributed by atoms with Crippen molar-refractivity contribution in [1.29, 1.82) is 0 Å². The summed E-state index contributed by atoms with van der Waals surface area (Å²) in [6, 6.07) is 18.5. The molecule has 10 heteroatoms. The van der Waals surface area contributed by atoms with Crippen molar-refractivity contribution in [3.63, 3.8) is 0 Å². The standard InChI is InChI=1S/C26H21F3N6O/c1-17-4-8-19(9-5-17)21-14-23(26(27,28)29)35-24(31-21)15-22(32-35)25(36)33(2)16-18-6-10-20(11-7-18)34-13-3-12-30-34/h3-15H,16H2,1-2H3. The second-order valence-corrected chi connectivity index (χ2v) is 8.47. The van der Waals surface area contributed by atoms with Gasteiger partial charge in [0.1, 0.15) is 0 Å². The molecule has 2 aromatic carbocycles. The fourth-order valence-electron chi connectivity index (χ4n) is 3.87. The smallest absolute Gasteiger partial charge is 0.336 e. The van der Waals surface area contributed by atoms with Crippen molar-refractivity contribution in [2.24, 2.45) is 0 Å². The maximum atomic E-state index is 13.9. The van der Waals surface area contributed by atoms with E-state index in [4.69, 9.17) is 0 Å². The SMILES string of the molecule is Cc1ccc(-c2cc(C(F)(F)F)n3nc(C(=O)N(C)Cc4ccc(-n5cccn5)cc4)cc3n2)cc1. The molecular formula is C26H21F3N6O. The second-order valence-electron chi connectivity index (χ2n) is 8.47. The molecule has 1 amide bonds. The van der Waals surface area contributed by atoms with E-state index in [1.165, 1.54) is 11.0 Å². The number of rotatable bonds is 5. The quantitative estimate of drug-likeness (QED) is 0.340. The lowest BCUT2D eigenvalue weighted by Crippen LogP contribution is -2.26. The highest BCUT2D eigenvalue weighted by Gasteiger charge is 2.36. The van der Waals surface area contributed by atoms with Crippen molar-refractivity contribution >= 4 is 11.6 Å². The van der Waals surface area contributed by atoms with Crippen LogP contribution in [0, 0.1) is 6.92 Å². The van der Waals surface area contributed by atoms with E-state index in [0.29, 0.717) is 10.1 Å². The summed E-state index contributed by atoms with van der Waals surface area (Å²) in [7, 11) is 1.57. The van der Waals surface area contributed by atoms with Crippen LogP contribution >= 0.6 is 0 Å². The van der Waals surface area contributed by atoms with Crippen LogP contribution in [-0.2, 0) is 12.7 Å². The highest BCUT2D eigenvalue weighted by atomic mass is 19.4. The highest BCUT2D eigenvalue weighted by Crippen LogP contribution is 2.32. The molecule has 36 heavy (non-hydrogen) atoms. The highest BCUT2D eigenvalue weighted by molar-refractivity contribution is 5.93. The van der Waals surface area contributed by atoms with Crippen LogP contribution in [0.2, 0.25) is 0 Å². The molecule has 0 N–H and O–H groups in total. The van der Waals surface area contributed by atoms with E-state index in [9.17, 15) is 18.0 Å². The lowest BCUT2D eigenvalue weighted by molar-refractivity contribution is -0.142. The van der Waals surface area contributed by atoms with Gasteiger partial charge in [0, 0.05) is 37.6 Å². The minimum atomic E-state index is -4.69. The topological polar surface area (TPSA) is 68.3 Å². The summed E-state index contributed by atoms with van der Waals surface area (Å²) in [4.78, 5) is 18.8. The molecule has 0 saturated carbocycles. The van der Waals surface area contributed by atoms with Crippen LogP contribution in [-0.4, -0.2) is 42.2 Å². The number of benzene rings is 2. The zero-order chi connectivity index (χ0) is 25.4. The predicted octanol–water partition coefficient (Wildman–Crippen LogP) is 5.18. The van der Waals surface area contributed by atoms with Crippen LogP contribution in [0.1, 0.15) is 27.3 Å². The Balaban J connectivity index is 1.43. The Morgan fingerprint density at radius 2 is 1.75 bits per heavy atom. The molecule has 5 aromatic rings. The molecule has 0 spiro atoms. The van der Waals surface area contributed by atoms with Crippen LogP contribution in [0.4, 0.5) is 13.2 Å². The fourth-order valence-corrected chi connectivity index (χ4v) is 3.87. The molecule has 0 saturated heterocycles. The molecule has 5 rings (SSSR count). The predicted molar refractivity (Wildman–Crippen MR) is 128 cm³/mol. The van der Waals surface area contributed by atoms with E-state index >= 15 is 0 Å². The summed E-state index contributed by atoms with van der Waals surface area (Å²) in [6.07, 6.45) is -1.19. The normalized spacial score (nSPS) is 11.7. The van der Waals surface area contributed by atoms with E-state index in [0.717, 1.165) is 22.9 Å². The molecule has 7 nitrogen and oxygen atoms in total. The largest absolute Gasteiger partial charge is 0.433 e. The van der Waals surface area contributed by atoms with Crippen molar-refractivity contribution in [3.8, 4) is 16.9 Å². The van der Waals surface area contributed by atoms with E-state index < -0.39 is 17.8 Å². The molecule has 3 heterocycles. The monoisotopic (exact) mass is 490 g/mol. The van der Waals surface area contributed by atoms with Gasteiger partial charge in [0.2, 0.25) is 0 Å². The third kappa shape index (κ3) is 4.57. The van der Waals surface area contributed by atoms with Crippen LogP contribution in [0.3, 0.4) is 0 Å². The number of amides is 1. The lowest BCUT2D eigenvalue weighted by atomic mass is 10.1. The average Bonchev–Trinajstić information content (AvgIpc) is 3.53. The van der Waals surface area contributed by atoms with Crippen molar-refractivity contribution in [2.45, 2.75) is 19.6 Å². The van der Waals surface area contributed by atoms with Crippen LogP contribution < -0.4 is 0 Å². The van der Waals surface area contributed by atoms with Gasteiger partial charge in [0.15, 0.2) is 17.0 Å². The number of hydrogen-bond acceptors (Lipinski definition) is 4. The number of hydrogen-bond donors (Lipinski definition) is 0. The summed E-state index contributed by atoms with van der Waals surface area (Å²) in [6.45, 7) is 2.14. The Bertz CT molecular complexity index is 1520. The van der Waals surface area contributed by atoms with E-state index in [2.05, 4.69) is 15.2 Å². The van der Waals surface area contributed by atoms with E-state index in [1.807, 2.05) is 43.5 Å². The third-order valence-corrected chi connectivity index (χ3v) is 5.76. The first-order chi connectivity index (χ1) is 17.2. The van der Waals surface area contributed by atoms with Gasteiger partial charge in [-0.3, -0.25) is 4.79 Å². The number of aromatic nitrogens is 5. The Hall–Kier alpha value is -4.47. The molecule has 0 radical (unpaired) electrons. The summed E-state index contributed by atoms with van der Waals surface area (Å²) in [5.74, 6) is -0.512. The first-order valence-electron chi connectivity index (χ1n) is 11.1. The minimum Gasteiger partial charge on any atom is -0.336 e. The lowest BCUT2D eigenvalue weighted by Gasteiger charge is -2.16. The number of fused-ring (bicyclic) bond motifs is 1. The Kier molecular flexibility index (Phi) is 5.79. The average molecular weight is 490 g/mol. The van der Waals surface area contributed by atoms with Crippen LogP contribution in [0.15, 0.2) is 79.1 Å². The van der Waals surface area contributed by atoms with Crippen molar-refractivity contribution in [3.05, 3.63) is 102 Å². The van der Waals surface area contributed by atoms with Crippen LogP contribution in [0.5, 0.6) is 0 Å². The second kappa shape index (κ2) is 8.95. The van der Waals surface area contributed by atoms with Gasteiger partial charge in [-0.15, -0.1) is 0 Å². The molecular weight excluding hydrogens is 469 g/mol.